The summed E-state index contributed by atoms with van der Waals surface area (Å²) in [7, 11) is 0. The van der Waals surface area contributed by atoms with Gasteiger partial charge in [-0.15, -0.1) is 5.10 Å². The zero-order chi connectivity index (χ0) is 15.9. The Morgan fingerprint density at radius 1 is 1.17 bits per heavy atom. The topological polar surface area (TPSA) is 68.8 Å². The third-order valence-electron chi connectivity index (χ3n) is 4.37. The van der Waals surface area contributed by atoms with Crippen molar-refractivity contribution < 1.29 is 4.74 Å². The Hall–Kier alpha value is -2.93. The van der Waals surface area contributed by atoms with Crippen molar-refractivity contribution >= 4 is 17.1 Å². The van der Waals surface area contributed by atoms with E-state index in [1.54, 1.807) is 6.20 Å². The van der Waals surface area contributed by atoms with E-state index >= 15 is 0 Å². The average Bonchev–Trinajstić information content (AvgIpc) is 3.18. The number of pyridine rings is 1. The second-order valence-corrected chi connectivity index (χ2v) is 6.04. The van der Waals surface area contributed by atoms with Gasteiger partial charge in [-0.3, -0.25) is 0 Å². The summed E-state index contributed by atoms with van der Waals surface area (Å²) in [6.07, 6.45) is 9.63. The van der Waals surface area contributed by atoms with Gasteiger partial charge in [-0.1, -0.05) is 0 Å². The fourth-order valence-corrected chi connectivity index (χ4v) is 2.94. The van der Waals surface area contributed by atoms with Crippen LogP contribution in [0, 0.1) is 5.92 Å². The molecule has 5 heterocycles. The molecule has 0 bridgehead atoms. The van der Waals surface area contributed by atoms with Gasteiger partial charge in [0.25, 0.3) is 0 Å². The van der Waals surface area contributed by atoms with E-state index in [4.69, 9.17) is 4.74 Å². The third kappa shape index (κ3) is 2.21. The summed E-state index contributed by atoms with van der Waals surface area (Å²) in [5.74, 6) is 1.20. The van der Waals surface area contributed by atoms with Crippen LogP contribution >= 0.6 is 0 Å². The fraction of sp³-hybridized carbons (Fsp3) is 0.235. The first kappa shape index (κ1) is 13.5. The van der Waals surface area contributed by atoms with E-state index < -0.39 is 0 Å². The Morgan fingerprint density at radius 2 is 2.12 bits per heavy atom. The lowest BCUT2D eigenvalue weighted by Crippen LogP contribution is -2.33. The third-order valence-corrected chi connectivity index (χ3v) is 4.37. The number of nitrogens with one attached hydrogen (secondary N) is 1. The first-order valence-corrected chi connectivity index (χ1v) is 7.96. The molecule has 0 radical (unpaired) electrons. The molecule has 1 fully saturated rings. The van der Waals surface area contributed by atoms with Crippen molar-refractivity contribution in [3.8, 4) is 11.1 Å². The molecular formula is C17H16N6O. The standard InChI is InChI=1S/C17H16N6O/c1-2-16-18-4-6-22(16)9-13(1)14-3-5-23-15(14)8-20-17(21-23)19-7-12-10-24-11-12/h1-6,8-9,12H,7,10-11H2,(H,19,21). The maximum absolute atomic E-state index is 5.18. The molecule has 0 saturated carbocycles. The van der Waals surface area contributed by atoms with Crippen LogP contribution in [0.25, 0.3) is 22.3 Å². The fourth-order valence-electron chi connectivity index (χ4n) is 2.94. The second-order valence-electron chi connectivity index (χ2n) is 6.04. The highest BCUT2D eigenvalue weighted by atomic mass is 16.5. The van der Waals surface area contributed by atoms with Gasteiger partial charge >= 0.3 is 0 Å². The molecule has 5 rings (SSSR count). The molecule has 0 amide bonds. The van der Waals surface area contributed by atoms with Gasteiger partial charge in [0, 0.05) is 48.4 Å². The minimum absolute atomic E-state index is 0.562. The van der Waals surface area contributed by atoms with Gasteiger partial charge in [-0.2, -0.15) is 0 Å². The van der Waals surface area contributed by atoms with Crippen molar-refractivity contribution in [3.63, 3.8) is 0 Å². The molecule has 0 unspecified atom stereocenters. The normalized spacial score (nSPS) is 15.0. The molecular weight excluding hydrogens is 304 g/mol. The predicted molar refractivity (Wildman–Crippen MR) is 90.0 cm³/mol. The molecule has 1 aliphatic rings. The summed E-state index contributed by atoms with van der Waals surface area (Å²) in [4.78, 5) is 8.72. The predicted octanol–water partition coefficient (Wildman–Crippen LogP) is 2.10. The maximum atomic E-state index is 5.18. The maximum Gasteiger partial charge on any atom is 0.241 e. The van der Waals surface area contributed by atoms with Gasteiger partial charge in [0.05, 0.1) is 24.9 Å². The lowest BCUT2D eigenvalue weighted by atomic mass is 10.1. The van der Waals surface area contributed by atoms with Crippen LogP contribution in [0.3, 0.4) is 0 Å². The zero-order valence-corrected chi connectivity index (χ0v) is 13.0. The zero-order valence-electron chi connectivity index (χ0n) is 13.0. The van der Waals surface area contributed by atoms with Crippen LogP contribution in [0.4, 0.5) is 5.95 Å². The molecule has 0 aliphatic carbocycles. The van der Waals surface area contributed by atoms with Gasteiger partial charge < -0.3 is 14.5 Å². The van der Waals surface area contributed by atoms with Crippen molar-refractivity contribution in [3.05, 3.63) is 49.2 Å². The van der Waals surface area contributed by atoms with Crippen LogP contribution in [0.1, 0.15) is 0 Å². The quantitative estimate of drug-likeness (QED) is 0.624. The molecule has 1 N–H and O–H groups in total. The number of aromatic nitrogens is 5. The SMILES string of the molecule is c1cn2cc(-c3ccn4nc(NCC5COC5)ncc34)ccc2n1. The van der Waals surface area contributed by atoms with E-state index in [1.807, 2.05) is 33.6 Å². The average molecular weight is 320 g/mol. The number of rotatable bonds is 4. The number of ether oxygens (including phenoxy) is 1. The largest absolute Gasteiger partial charge is 0.381 e. The minimum atomic E-state index is 0.562. The van der Waals surface area contributed by atoms with Crippen LogP contribution in [0.15, 0.2) is 49.2 Å². The minimum Gasteiger partial charge on any atom is -0.381 e. The Bertz CT molecular complexity index is 1020. The first-order valence-electron chi connectivity index (χ1n) is 7.96. The molecule has 7 nitrogen and oxygen atoms in total. The number of anilines is 1. The van der Waals surface area contributed by atoms with Crippen molar-refractivity contribution in [1.82, 2.24) is 24.0 Å². The van der Waals surface area contributed by atoms with E-state index in [-0.39, 0.29) is 0 Å². The van der Waals surface area contributed by atoms with Gasteiger partial charge in [0.2, 0.25) is 5.95 Å². The summed E-state index contributed by atoms with van der Waals surface area (Å²) >= 11 is 0. The molecule has 4 aromatic heterocycles. The number of hydrogen-bond acceptors (Lipinski definition) is 5. The highest BCUT2D eigenvalue weighted by Gasteiger charge is 2.18. The molecule has 0 aromatic carbocycles. The molecule has 1 aliphatic heterocycles. The van der Waals surface area contributed by atoms with Crippen molar-refractivity contribution in [1.29, 1.82) is 0 Å². The lowest BCUT2D eigenvalue weighted by Gasteiger charge is -2.25. The number of fused-ring (bicyclic) bond motifs is 2. The van der Waals surface area contributed by atoms with E-state index in [2.05, 4.69) is 38.7 Å². The Balaban J connectivity index is 1.47. The van der Waals surface area contributed by atoms with E-state index in [1.165, 1.54) is 0 Å². The number of nitrogens with zero attached hydrogens (tertiary/aromatic N) is 5. The molecule has 7 heteroatoms. The summed E-state index contributed by atoms with van der Waals surface area (Å²) in [5.41, 5.74) is 4.13. The van der Waals surface area contributed by atoms with Gasteiger partial charge in [-0.05, 0) is 18.2 Å². The van der Waals surface area contributed by atoms with Crippen LogP contribution in [-0.4, -0.2) is 43.7 Å². The lowest BCUT2D eigenvalue weighted by molar-refractivity contribution is -0.0249. The molecule has 0 atom stereocenters. The summed E-state index contributed by atoms with van der Waals surface area (Å²) in [5, 5.41) is 7.81. The summed E-state index contributed by atoms with van der Waals surface area (Å²) < 4.78 is 9.05. The Labute approximate surface area is 137 Å². The van der Waals surface area contributed by atoms with E-state index in [0.717, 1.165) is 42.0 Å². The van der Waals surface area contributed by atoms with Crippen LogP contribution < -0.4 is 5.32 Å². The van der Waals surface area contributed by atoms with Crippen LogP contribution in [0.5, 0.6) is 0 Å². The molecule has 4 aromatic rings. The molecule has 0 spiro atoms. The number of hydrogen-bond donors (Lipinski definition) is 1. The van der Waals surface area contributed by atoms with Crippen LogP contribution in [-0.2, 0) is 4.74 Å². The Morgan fingerprint density at radius 3 is 3.00 bits per heavy atom. The first-order chi connectivity index (χ1) is 11.9. The van der Waals surface area contributed by atoms with E-state index in [9.17, 15) is 0 Å². The summed E-state index contributed by atoms with van der Waals surface area (Å²) in [6, 6.07) is 6.14. The number of imidazole rings is 1. The smallest absolute Gasteiger partial charge is 0.241 e. The molecule has 24 heavy (non-hydrogen) atoms. The van der Waals surface area contributed by atoms with E-state index in [0.29, 0.717) is 11.9 Å². The van der Waals surface area contributed by atoms with Crippen molar-refractivity contribution in [2.45, 2.75) is 0 Å². The highest BCUT2D eigenvalue weighted by Crippen LogP contribution is 2.25. The highest BCUT2D eigenvalue weighted by molar-refractivity contribution is 5.80. The molecule has 1 saturated heterocycles. The van der Waals surface area contributed by atoms with Gasteiger partial charge in [-0.25, -0.2) is 14.5 Å². The molecule has 120 valence electrons. The van der Waals surface area contributed by atoms with Crippen LogP contribution in [0.2, 0.25) is 0 Å². The van der Waals surface area contributed by atoms with Gasteiger partial charge in [0.1, 0.15) is 5.65 Å². The van der Waals surface area contributed by atoms with Crippen molar-refractivity contribution in [2.24, 2.45) is 5.92 Å². The monoisotopic (exact) mass is 320 g/mol. The van der Waals surface area contributed by atoms with Crippen molar-refractivity contribution in [2.75, 3.05) is 25.1 Å². The Kier molecular flexibility index (Phi) is 2.99. The second kappa shape index (κ2) is 5.31. The van der Waals surface area contributed by atoms with Gasteiger partial charge in [0.15, 0.2) is 0 Å². The summed E-state index contributed by atoms with van der Waals surface area (Å²) in [6.45, 7) is 2.48.